The summed E-state index contributed by atoms with van der Waals surface area (Å²) in [5.41, 5.74) is 1.54. The van der Waals surface area contributed by atoms with Gasteiger partial charge >= 0.3 is 0 Å². The highest BCUT2D eigenvalue weighted by atomic mass is 32.3. The van der Waals surface area contributed by atoms with Gasteiger partial charge in [-0.05, 0) is 6.42 Å². The Kier molecular flexibility index (Phi) is 1.87. The third-order valence-corrected chi connectivity index (χ3v) is 3.77. The molecule has 1 N–H and O–H groups in total. The summed E-state index contributed by atoms with van der Waals surface area (Å²) in [5, 5.41) is 0. The van der Waals surface area contributed by atoms with E-state index in [9.17, 15) is 9.59 Å². The summed E-state index contributed by atoms with van der Waals surface area (Å²) in [7, 11) is -1.65. The molecule has 0 aromatic rings. The zero-order valence-corrected chi connectivity index (χ0v) is 5.82. The second-order valence-corrected chi connectivity index (χ2v) is 4.77. The van der Waals surface area contributed by atoms with Gasteiger partial charge in [-0.2, -0.15) is 0 Å². The second-order valence-electron chi connectivity index (χ2n) is 1.99. The average molecular weight is 147 g/mol. The van der Waals surface area contributed by atoms with E-state index in [-0.39, 0.29) is 0 Å². The number of carbonyl (C=O) groups excluding carboxylic acids is 2. The van der Waals surface area contributed by atoms with Gasteiger partial charge in [0.25, 0.3) is 0 Å². The summed E-state index contributed by atoms with van der Waals surface area (Å²) in [4.78, 5) is 20.6. The van der Waals surface area contributed by atoms with E-state index < -0.39 is 10.2 Å². The highest BCUT2D eigenvalue weighted by Gasteiger charge is 2.26. The monoisotopic (exact) mass is 147 g/mol. The fraction of sp³-hybridized carbons (Fsp3) is 0.600. The standard InChI is InChI=1S/C5H9NO2S/c7-4-9(5-8)3-1-2-6-9/h4-6H,1-3H2. The van der Waals surface area contributed by atoms with E-state index in [1.807, 2.05) is 0 Å². The van der Waals surface area contributed by atoms with E-state index in [0.29, 0.717) is 0 Å². The lowest BCUT2D eigenvalue weighted by Gasteiger charge is -2.19. The first-order chi connectivity index (χ1) is 4.33. The van der Waals surface area contributed by atoms with Crippen LogP contribution in [0.25, 0.3) is 0 Å². The van der Waals surface area contributed by atoms with Crippen molar-refractivity contribution in [1.82, 2.24) is 4.72 Å². The Morgan fingerprint density at radius 1 is 1.33 bits per heavy atom. The first-order valence-electron chi connectivity index (χ1n) is 2.79. The molecule has 1 fully saturated rings. The molecule has 0 atom stereocenters. The maximum absolute atomic E-state index is 10.3. The van der Waals surface area contributed by atoms with E-state index in [0.717, 1.165) is 30.0 Å². The molecule has 4 heteroatoms. The smallest absolute Gasteiger partial charge is 0.177 e. The van der Waals surface area contributed by atoms with E-state index in [4.69, 9.17) is 0 Å². The zero-order chi connectivity index (χ0) is 6.74. The lowest BCUT2D eigenvalue weighted by molar-refractivity contribution is 0.565. The fourth-order valence-electron chi connectivity index (χ4n) is 0.832. The maximum atomic E-state index is 10.3. The first kappa shape index (κ1) is 6.77. The normalized spacial score (nSPS) is 27.1. The third-order valence-electron chi connectivity index (χ3n) is 1.37. The van der Waals surface area contributed by atoms with Crippen LogP contribution >= 0.6 is 10.2 Å². The van der Waals surface area contributed by atoms with Crippen LogP contribution in [0.4, 0.5) is 0 Å². The molecule has 1 heterocycles. The predicted octanol–water partition coefficient (Wildman–Crippen LogP) is 0.0797. The van der Waals surface area contributed by atoms with Crippen molar-refractivity contribution in [2.24, 2.45) is 0 Å². The van der Waals surface area contributed by atoms with Crippen LogP contribution in [-0.4, -0.2) is 23.5 Å². The summed E-state index contributed by atoms with van der Waals surface area (Å²) < 4.78 is 2.92. The molecule has 0 amide bonds. The minimum absolute atomic E-state index is 0.736. The van der Waals surface area contributed by atoms with Crippen LogP contribution in [0.1, 0.15) is 6.42 Å². The van der Waals surface area contributed by atoms with Crippen molar-refractivity contribution in [1.29, 1.82) is 0 Å². The van der Waals surface area contributed by atoms with Crippen molar-refractivity contribution in [3.8, 4) is 0 Å². The van der Waals surface area contributed by atoms with Crippen LogP contribution in [-0.2, 0) is 9.59 Å². The molecule has 0 aromatic carbocycles. The molecule has 0 saturated carbocycles. The largest absolute Gasteiger partial charge is 0.291 e. The van der Waals surface area contributed by atoms with Crippen LogP contribution in [0.2, 0.25) is 0 Å². The maximum Gasteiger partial charge on any atom is 0.177 e. The second kappa shape index (κ2) is 2.49. The van der Waals surface area contributed by atoms with E-state index in [1.165, 1.54) is 0 Å². The molecule has 3 nitrogen and oxygen atoms in total. The molecule has 52 valence electrons. The number of carbonyl (C=O) groups is 2. The molecule has 0 aromatic heterocycles. The molecular formula is C5H9NO2S. The lowest BCUT2D eigenvalue weighted by Crippen LogP contribution is -2.16. The molecule has 1 aliphatic rings. The highest BCUT2D eigenvalue weighted by molar-refractivity contribution is 8.52. The van der Waals surface area contributed by atoms with Gasteiger partial charge in [-0.25, -0.2) is 0 Å². The Morgan fingerprint density at radius 2 is 2.00 bits per heavy atom. The Balaban J connectivity index is 2.66. The van der Waals surface area contributed by atoms with E-state index >= 15 is 0 Å². The molecule has 0 radical (unpaired) electrons. The molecule has 1 rings (SSSR count). The predicted molar refractivity (Wildman–Crippen MR) is 38.6 cm³/mol. The van der Waals surface area contributed by atoms with Crippen molar-refractivity contribution in [3.05, 3.63) is 0 Å². The van der Waals surface area contributed by atoms with Crippen molar-refractivity contribution in [2.45, 2.75) is 6.42 Å². The van der Waals surface area contributed by atoms with Gasteiger partial charge in [0.1, 0.15) is 0 Å². The van der Waals surface area contributed by atoms with Crippen LogP contribution < -0.4 is 4.72 Å². The molecule has 0 bridgehead atoms. The van der Waals surface area contributed by atoms with Gasteiger partial charge in [0.15, 0.2) is 11.2 Å². The Labute approximate surface area is 55.3 Å². The average Bonchev–Trinajstić information content (AvgIpc) is 2.36. The Hall–Kier alpha value is -0.350. The number of rotatable bonds is 2. The molecule has 0 aliphatic carbocycles. The van der Waals surface area contributed by atoms with Gasteiger partial charge in [-0.15, -0.1) is 0 Å². The molecule has 9 heavy (non-hydrogen) atoms. The third kappa shape index (κ3) is 1.14. The molecule has 1 saturated heterocycles. The SMILES string of the molecule is O=CS1(C=O)CCCN1. The summed E-state index contributed by atoms with van der Waals surface area (Å²) in [5.74, 6) is 0.736. The van der Waals surface area contributed by atoms with Crippen LogP contribution in [0, 0.1) is 0 Å². The summed E-state index contributed by atoms with van der Waals surface area (Å²) in [6.07, 6.45) is 0.951. The number of hydrogen-bond donors (Lipinski definition) is 1. The quantitative estimate of drug-likeness (QED) is 0.563. The molecule has 0 unspecified atom stereocenters. The summed E-state index contributed by atoms with van der Waals surface area (Å²) in [6.45, 7) is 0.812. The van der Waals surface area contributed by atoms with Crippen LogP contribution in [0.3, 0.4) is 0 Å². The summed E-state index contributed by atoms with van der Waals surface area (Å²) in [6, 6.07) is 0. The molecule has 0 spiro atoms. The summed E-state index contributed by atoms with van der Waals surface area (Å²) >= 11 is 0. The van der Waals surface area contributed by atoms with Gasteiger partial charge in [0, 0.05) is 12.3 Å². The highest BCUT2D eigenvalue weighted by Crippen LogP contribution is 2.40. The fourth-order valence-corrected chi connectivity index (χ4v) is 2.50. The van der Waals surface area contributed by atoms with Crippen molar-refractivity contribution in [3.63, 3.8) is 0 Å². The minimum atomic E-state index is -1.65. The number of hydrogen-bond acceptors (Lipinski definition) is 3. The minimum Gasteiger partial charge on any atom is -0.291 e. The van der Waals surface area contributed by atoms with Gasteiger partial charge in [0.2, 0.25) is 0 Å². The van der Waals surface area contributed by atoms with Crippen molar-refractivity contribution < 1.29 is 9.59 Å². The van der Waals surface area contributed by atoms with Crippen LogP contribution in [0.5, 0.6) is 0 Å². The Bertz CT molecular complexity index is 121. The van der Waals surface area contributed by atoms with Crippen LogP contribution in [0.15, 0.2) is 0 Å². The van der Waals surface area contributed by atoms with Crippen molar-refractivity contribution in [2.75, 3.05) is 12.3 Å². The van der Waals surface area contributed by atoms with Gasteiger partial charge in [0.05, 0.1) is 0 Å². The Morgan fingerprint density at radius 3 is 2.22 bits per heavy atom. The van der Waals surface area contributed by atoms with Gasteiger partial charge in [-0.1, -0.05) is 10.2 Å². The van der Waals surface area contributed by atoms with Gasteiger partial charge in [-0.3, -0.25) is 14.3 Å². The van der Waals surface area contributed by atoms with Gasteiger partial charge < -0.3 is 0 Å². The first-order valence-corrected chi connectivity index (χ1v) is 4.72. The molecular weight excluding hydrogens is 138 g/mol. The number of nitrogens with one attached hydrogen (secondary N) is 1. The lowest BCUT2D eigenvalue weighted by atomic mass is 10.5. The van der Waals surface area contributed by atoms with E-state index in [2.05, 4.69) is 4.72 Å². The van der Waals surface area contributed by atoms with E-state index in [1.54, 1.807) is 0 Å². The van der Waals surface area contributed by atoms with Crippen molar-refractivity contribution >= 4 is 21.5 Å². The zero-order valence-electron chi connectivity index (χ0n) is 5.00. The molecule has 1 aliphatic heterocycles. The topological polar surface area (TPSA) is 46.2 Å².